The zero-order valence-electron chi connectivity index (χ0n) is 11.2. The molecule has 0 bridgehead atoms. The van der Waals surface area contributed by atoms with E-state index in [1.165, 1.54) is 24.0 Å². The molecule has 1 atom stereocenters. The summed E-state index contributed by atoms with van der Waals surface area (Å²) in [5.41, 5.74) is 2.83. The number of fused-ring (bicyclic) bond motifs is 1. The maximum absolute atomic E-state index is 5.84. The summed E-state index contributed by atoms with van der Waals surface area (Å²) >= 11 is 0. The Labute approximate surface area is 110 Å². The van der Waals surface area contributed by atoms with Gasteiger partial charge in [-0.1, -0.05) is 25.1 Å². The van der Waals surface area contributed by atoms with Gasteiger partial charge in [-0.15, -0.1) is 6.58 Å². The third-order valence-electron chi connectivity index (χ3n) is 3.45. The first-order chi connectivity index (χ1) is 8.86. The quantitative estimate of drug-likeness (QED) is 0.585. The van der Waals surface area contributed by atoms with Crippen LogP contribution in [0.25, 0.3) is 0 Å². The molecule has 0 aromatic heterocycles. The Bertz CT molecular complexity index is 400. The van der Waals surface area contributed by atoms with Crippen molar-refractivity contribution < 1.29 is 4.74 Å². The van der Waals surface area contributed by atoms with Gasteiger partial charge in [-0.05, 0) is 49.4 Å². The first-order valence-electron chi connectivity index (χ1n) is 6.95. The van der Waals surface area contributed by atoms with Crippen LogP contribution in [0.3, 0.4) is 0 Å². The molecule has 1 unspecified atom stereocenters. The van der Waals surface area contributed by atoms with Crippen LogP contribution in [0.5, 0.6) is 5.75 Å². The van der Waals surface area contributed by atoms with Gasteiger partial charge >= 0.3 is 0 Å². The van der Waals surface area contributed by atoms with Gasteiger partial charge in [-0.2, -0.15) is 0 Å². The van der Waals surface area contributed by atoms with Crippen molar-refractivity contribution in [3.8, 4) is 5.75 Å². The normalized spacial score (nSPS) is 17.5. The van der Waals surface area contributed by atoms with Crippen LogP contribution in [0.1, 0.15) is 43.4 Å². The average molecular weight is 245 g/mol. The molecular weight excluding hydrogens is 222 g/mol. The SMILES string of the molecule is C=CCCOc1cccc2c1CCC2NCCC. The van der Waals surface area contributed by atoms with E-state index in [0.717, 1.165) is 31.7 Å². The first kappa shape index (κ1) is 13.2. The zero-order chi connectivity index (χ0) is 12.8. The van der Waals surface area contributed by atoms with Crippen molar-refractivity contribution in [3.63, 3.8) is 0 Å². The number of rotatable bonds is 7. The van der Waals surface area contributed by atoms with Gasteiger partial charge in [-0.3, -0.25) is 0 Å². The zero-order valence-corrected chi connectivity index (χ0v) is 11.2. The van der Waals surface area contributed by atoms with Gasteiger partial charge in [0, 0.05) is 6.04 Å². The highest BCUT2D eigenvalue weighted by molar-refractivity contribution is 5.45. The summed E-state index contributed by atoms with van der Waals surface area (Å²) in [7, 11) is 0. The lowest BCUT2D eigenvalue weighted by molar-refractivity contribution is 0.322. The van der Waals surface area contributed by atoms with E-state index in [4.69, 9.17) is 4.74 Å². The molecule has 0 spiro atoms. The maximum atomic E-state index is 5.84. The molecule has 0 radical (unpaired) electrons. The van der Waals surface area contributed by atoms with Crippen LogP contribution in [-0.4, -0.2) is 13.2 Å². The van der Waals surface area contributed by atoms with E-state index in [2.05, 4.69) is 37.0 Å². The lowest BCUT2D eigenvalue weighted by Gasteiger charge is -2.14. The van der Waals surface area contributed by atoms with E-state index in [1.807, 2.05) is 6.08 Å². The smallest absolute Gasteiger partial charge is 0.122 e. The van der Waals surface area contributed by atoms with Crippen LogP contribution >= 0.6 is 0 Å². The highest BCUT2D eigenvalue weighted by Crippen LogP contribution is 2.36. The molecule has 2 nitrogen and oxygen atoms in total. The number of nitrogens with one attached hydrogen (secondary N) is 1. The third kappa shape index (κ3) is 2.94. The van der Waals surface area contributed by atoms with Crippen LogP contribution in [0.2, 0.25) is 0 Å². The molecule has 0 heterocycles. The molecule has 2 heteroatoms. The second-order valence-corrected chi connectivity index (χ2v) is 4.80. The molecular formula is C16H23NO. The molecule has 98 valence electrons. The van der Waals surface area contributed by atoms with Crippen LogP contribution in [-0.2, 0) is 6.42 Å². The van der Waals surface area contributed by atoms with Gasteiger partial charge in [0.15, 0.2) is 0 Å². The van der Waals surface area contributed by atoms with E-state index in [9.17, 15) is 0 Å². The van der Waals surface area contributed by atoms with E-state index in [0.29, 0.717) is 6.04 Å². The fraction of sp³-hybridized carbons (Fsp3) is 0.500. The largest absolute Gasteiger partial charge is 0.493 e. The molecule has 0 aliphatic heterocycles. The highest BCUT2D eigenvalue weighted by Gasteiger charge is 2.24. The van der Waals surface area contributed by atoms with Crippen LogP contribution in [0.15, 0.2) is 30.9 Å². The van der Waals surface area contributed by atoms with E-state index in [-0.39, 0.29) is 0 Å². The van der Waals surface area contributed by atoms with Crippen molar-refractivity contribution >= 4 is 0 Å². The summed E-state index contributed by atoms with van der Waals surface area (Å²) in [6, 6.07) is 6.94. The van der Waals surface area contributed by atoms with Crippen LogP contribution in [0.4, 0.5) is 0 Å². The Morgan fingerprint density at radius 2 is 2.39 bits per heavy atom. The van der Waals surface area contributed by atoms with Crippen LogP contribution < -0.4 is 10.1 Å². The first-order valence-corrected chi connectivity index (χ1v) is 6.95. The number of hydrogen-bond donors (Lipinski definition) is 1. The van der Waals surface area contributed by atoms with Gasteiger partial charge in [0.05, 0.1) is 6.61 Å². The van der Waals surface area contributed by atoms with E-state index >= 15 is 0 Å². The minimum Gasteiger partial charge on any atom is -0.493 e. The predicted octanol–water partition coefficient (Wildman–Crippen LogP) is 3.63. The predicted molar refractivity (Wildman–Crippen MR) is 76.1 cm³/mol. The maximum Gasteiger partial charge on any atom is 0.122 e. The van der Waals surface area contributed by atoms with Crippen molar-refractivity contribution in [1.82, 2.24) is 5.32 Å². The van der Waals surface area contributed by atoms with E-state index in [1.54, 1.807) is 0 Å². The minimum atomic E-state index is 0.517. The van der Waals surface area contributed by atoms with Crippen molar-refractivity contribution in [3.05, 3.63) is 42.0 Å². The second-order valence-electron chi connectivity index (χ2n) is 4.80. The highest BCUT2D eigenvalue weighted by atomic mass is 16.5. The molecule has 0 saturated carbocycles. The Kier molecular flexibility index (Phi) is 4.82. The molecule has 0 fully saturated rings. The molecule has 1 N–H and O–H groups in total. The molecule has 0 amide bonds. The Morgan fingerprint density at radius 3 is 3.17 bits per heavy atom. The average Bonchev–Trinajstić information content (AvgIpc) is 2.81. The Morgan fingerprint density at radius 1 is 1.50 bits per heavy atom. The van der Waals surface area contributed by atoms with E-state index < -0.39 is 0 Å². The summed E-state index contributed by atoms with van der Waals surface area (Å²) in [5.74, 6) is 1.06. The summed E-state index contributed by atoms with van der Waals surface area (Å²) in [4.78, 5) is 0. The van der Waals surface area contributed by atoms with Crippen molar-refractivity contribution in [2.24, 2.45) is 0 Å². The van der Waals surface area contributed by atoms with Gasteiger partial charge in [-0.25, -0.2) is 0 Å². The number of ether oxygens (including phenoxy) is 1. The standard InChI is InChI=1S/C16H23NO/c1-3-5-12-18-16-8-6-7-13-14(16)9-10-15(13)17-11-4-2/h3,6-8,15,17H,1,4-5,9-12H2,2H3. The molecule has 2 rings (SSSR count). The molecule has 1 aliphatic rings. The lowest BCUT2D eigenvalue weighted by atomic mass is 10.1. The minimum absolute atomic E-state index is 0.517. The Hall–Kier alpha value is -1.28. The van der Waals surface area contributed by atoms with Gasteiger partial charge in [0.25, 0.3) is 0 Å². The van der Waals surface area contributed by atoms with Crippen molar-refractivity contribution in [2.45, 2.75) is 38.6 Å². The summed E-state index contributed by atoms with van der Waals surface area (Å²) in [5, 5.41) is 3.61. The Balaban J connectivity index is 2.06. The molecule has 1 aromatic rings. The van der Waals surface area contributed by atoms with Gasteiger partial charge in [0.2, 0.25) is 0 Å². The van der Waals surface area contributed by atoms with Crippen molar-refractivity contribution in [2.75, 3.05) is 13.2 Å². The molecule has 1 aromatic carbocycles. The molecule has 1 aliphatic carbocycles. The number of benzene rings is 1. The van der Waals surface area contributed by atoms with Crippen molar-refractivity contribution in [1.29, 1.82) is 0 Å². The monoisotopic (exact) mass is 245 g/mol. The van der Waals surface area contributed by atoms with Crippen LogP contribution in [0, 0.1) is 0 Å². The summed E-state index contributed by atoms with van der Waals surface area (Å²) in [6.07, 6.45) is 6.30. The third-order valence-corrected chi connectivity index (χ3v) is 3.45. The number of hydrogen-bond acceptors (Lipinski definition) is 2. The van der Waals surface area contributed by atoms with Gasteiger partial charge in [0.1, 0.15) is 5.75 Å². The van der Waals surface area contributed by atoms with Gasteiger partial charge < -0.3 is 10.1 Å². The lowest BCUT2D eigenvalue weighted by Crippen LogP contribution is -2.19. The summed E-state index contributed by atoms with van der Waals surface area (Å²) in [6.45, 7) is 7.74. The molecule has 0 saturated heterocycles. The second kappa shape index (κ2) is 6.60. The fourth-order valence-corrected chi connectivity index (χ4v) is 2.54. The fourth-order valence-electron chi connectivity index (χ4n) is 2.54. The topological polar surface area (TPSA) is 21.3 Å². The summed E-state index contributed by atoms with van der Waals surface area (Å²) < 4.78 is 5.84. The molecule has 18 heavy (non-hydrogen) atoms.